The second-order valence-corrected chi connectivity index (χ2v) is 7.32. The summed E-state index contributed by atoms with van der Waals surface area (Å²) in [6, 6.07) is 11.9. The van der Waals surface area contributed by atoms with Crippen LogP contribution in [0.2, 0.25) is 0 Å². The lowest BCUT2D eigenvalue weighted by molar-refractivity contribution is -0.122. The van der Waals surface area contributed by atoms with E-state index >= 15 is 0 Å². The van der Waals surface area contributed by atoms with E-state index in [1.807, 2.05) is 24.3 Å². The molecule has 0 spiro atoms. The summed E-state index contributed by atoms with van der Waals surface area (Å²) in [6.45, 7) is 3.39. The first-order valence-electron chi connectivity index (χ1n) is 8.17. The number of para-hydroxylation sites is 1. The van der Waals surface area contributed by atoms with E-state index in [1.165, 1.54) is 17.4 Å². The van der Waals surface area contributed by atoms with E-state index in [4.69, 9.17) is 12.2 Å². The first-order chi connectivity index (χ1) is 12.9. The Labute approximate surface area is 165 Å². The number of thiocarbonyl (C=S) groups is 1. The fourth-order valence-corrected chi connectivity index (χ4v) is 3.37. The fraction of sp³-hybridized carbons (Fsp3) is 0.167. The van der Waals surface area contributed by atoms with Crippen molar-refractivity contribution in [2.45, 2.75) is 19.9 Å². The Morgan fingerprint density at radius 2 is 2.00 bits per heavy atom. The summed E-state index contributed by atoms with van der Waals surface area (Å²) in [6.07, 6.45) is 0. The molecule has 0 saturated heterocycles. The van der Waals surface area contributed by atoms with Crippen molar-refractivity contribution in [1.29, 1.82) is 0 Å². The summed E-state index contributed by atoms with van der Waals surface area (Å²) in [5.74, 6) is -0.644. The number of benzene rings is 2. The Hall–Kier alpha value is -2.78. The van der Waals surface area contributed by atoms with Crippen molar-refractivity contribution in [1.82, 2.24) is 15.8 Å². The van der Waals surface area contributed by atoms with Gasteiger partial charge in [-0.3, -0.25) is 15.6 Å². The number of hydrogen-bond acceptors (Lipinski definition) is 5. The Bertz CT molecular complexity index is 958. The number of hydrazine groups is 1. The van der Waals surface area contributed by atoms with Crippen LogP contribution in [0, 0.1) is 12.7 Å². The molecule has 27 heavy (non-hydrogen) atoms. The maximum atomic E-state index is 13.5. The molecule has 0 aliphatic rings. The molecule has 0 aliphatic heterocycles. The molecule has 1 aromatic heterocycles. The van der Waals surface area contributed by atoms with Gasteiger partial charge in [0.05, 0.1) is 10.2 Å². The molecule has 1 heterocycles. The van der Waals surface area contributed by atoms with Crippen molar-refractivity contribution in [2.24, 2.45) is 0 Å². The van der Waals surface area contributed by atoms with Gasteiger partial charge in [0.15, 0.2) is 10.2 Å². The highest BCUT2D eigenvalue weighted by Crippen LogP contribution is 2.25. The Morgan fingerprint density at radius 3 is 2.74 bits per heavy atom. The average Bonchev–Trinajstić information content (AvgIpc) is 3.05. The first kappa shape index (κ1) is 19.0. The number of nitrogens with zero attached hydrogens (tertiary/aromatic N) is 1. The zero-order valence-corrected chi connectivity index (χ0v) is 16.3. The molecule has 3 rings (SSSR count). The van der Waals surface area contributed by atoms with Gasteiger partial charge >= 0.3 is 0 Å². The summed E-state index contributed by atoms with van der Waals surface area (Å²) in [4.78, 5) is 16.6. The third-order valence-electron chi connectivity index (χ3n) is 3.76. The van der Waals surface area contributed by atoms with E-state index in [2.05, 4.69) is 26.5 Å². The van der Waals surface area contributed by atoms with Crippen molar-refractivity contribution in [3.8, 4) is 0 Å². The number of rotatable bonds is 4. The zero-order valence-electron chi connectivity index (χ0n) is 14.7. The van der Waals surface area contributed by atoms with Gasteiger partial charge in [0.2, 0.25) is 0 Å². The molecule has 3 aromatic rings. The average molecular weight is 404 g/mol. The molecule has 6 nitrogen and oxygen atoms in total. The predicted octanol–water partition coefficient (Wildman–Crippen LogP) is 3.56. The lowest BCUT2D eigenvalue weighted by atomic mass is 10.2. The predicted molar refractivity (Wildman–Crippen MR) is 111 cm³/mol. The molecule has 0 aliphatic carbocycles. The number of aryl methyl sites for hydroxylation is 1. The van der Waals surface area contributed by atoms with Crippen LogP contribution in [0.25, 0.3) is 10.2 Å². The molecule has 1 atom stereocenters. The van der Waals surface area contributed by atoms with Crippen molar-refractivity contribution in [3.63, 3.8) is 0 Å². The second kappa shape index (κ2) is 8.28. The number of anilines is 2. The van der Waals surface area contributed by atoms with E-state index in [-0.39, 0.29) is 16.8 Å². The molecule has 0 fully saturated rings. The maximum Gasteiger partial charge on any atom is 0.260 e. The Kier molecular flexibility index (Phi) is 5.82. The van der Waals surface area contributed by atoms with Gasteiger partial charge in [0.25, 0.3) is 5.91 Å². The van der Waals surface area contributed by atoms with Gasteiger partial charge in [0.1, 0.15) is 11.9 Å². The van der Waals surface area contributed by atoms with Gasteiger partial charge < -0.3 is 10.6 Å². The quantitative estimate of drug-likeness (QED) is 0.394. The molecule has 140 valence electrons. The van der Waals surface area contributed by atoms with Crippen molar-refractivity contribution in [3.05, 3.63) is 53.8 Å². The molecule has 9 heteroatoms. The Morgan fingerprint density at radius 1 is 1.22 bits per heavy atom. The Balaban J connectivity index is 1.50. The van der Waals surface area contributed by atoms with Crippen LogP contribution >= 0.6 is 23.6 Å². The van der Waals surface area contributed by atoms with E-state index in [0.717, 1.165) is 10.2 Å². The van der Waals surface area contributed by atoms with Crippen LogP contribution in [-0.2, 0) is 4.79 Å². The van der Waals surface area contributed by atoms with Crippen LogP contribution in [0.1, 0.15) is 12.5 Å². The molecule has 1 amide bonds. The summed E-state index contributed by atoms with van der Waals surface area (Å²) in [7, 11) is 0. The van der Waals surface area contributed by atoms with E-state index in [0.29, 0.717) is 16.4 Å². The van der Waals surface area contributed by atoms with Crippen LogP contribution in [0.15, 0.2) is 42.5 Å². The number of carbonyl (C=O) groups excluding carboxylic acids is 1. The SMILES string of the molecule is Cc1ccc(NC(=S)NNC(=O)[C@H](C)Nc2nc3ccccc3s2)cc1F. The van der Waals surface area contributed by atoms with Gasteiger partial charge in [-0.05, 0) is 55.9 Å². The summed E-state index contributed by atoms with van der Waals surface area (Å²) in [5, 5.41) is 6.68. The lowest BCUT2D eigenvalue weighted by Gasteiger charge is -2.15. The highest BCUT2D eigenvalue weighted by molar-refractivity contribution is 7.80. The summed E-state index contributed by atoms with van der Waals surface area (Å²) in [5.41, 5.74) is 7.03. The number of amides is 1. The van der Waals surface area contributed by atoms with Crippen molar-refractivity contribution in [2.75, 3.05) is 10.6 Å². The zero-order chi connectivity index (χ0) is 19.4. The van der Waals surface area contributed by atoms with Crippen molar-refractivity contribution < 1.29 is 9.18 Å². The monoisotopic (exact) mass is 403 g/mol. The number of carbonyl (C=O) groups is 1. The number of thiazole rings is 1. The fourth-order valence-electron chi connectivity index (χ4n) is 2.24. The third kappa shape index (κ3) is 4.89. The number of halogens is 1. The second-order valence-electron chi connectivity index (χ2n) is 5.89. The van der Waals surface area contributed by atoms with Gasteiger partial charge in [-0.15, -0.1) is 0 Å². The van der Waals surface area contributed by atoms with Gasteiger partial charge in [-0.25, -0.2) is 9.37 Å². The highest BCUT2D eigenvalue weighted by atomic mass is 32.1. The lowest BCUT2D eigenvalue weighted by Crippen LogP contribution is -2.49. The van der Waals surface area contributed by atoms with E-state index < -0.39 is 6.04 Å². The van der Waals surface area contributed by atoms with Gasteiger partial charge in [0, 0.05) is 5.69 Å². The van der Waals surface area contributed by atoms with E-state index in [9.17, 15) is 9.18 Å². The number of hydrogen-bond donors (Lipinski definition) is 4. The number of nitrogens with one attached hydrogen (secondary N) is 4. The number of aromatic nitrogens is 1. The van der Waals surface area contributed by atoms with Crippen LogP contribution in [0.4, 0.5) is 15.2 Å². The van der Waals surface area contributed by atoms with Gasteiger partial charge in [-0.2, -0.15) is 0 Å². The molecular formula is C18H18FN5OS2. The van der Waals surface area contributed by atoms with Gasteiger partial charge in [-0.1, -0.05) is 29.5 Å². The topological polar surface area (TPSA) is 78.1 Å². The molecule has 4 N–H and O–H groups in total. The smallest absolute Gasteiger partial charge is 0.260 e. The minimum Gasteiger partial charge on any atom is -0.350 e. The highest BCUT2D eigenvalue weighted by Gasteiger charge is 2.15. The minimum absolute atomic E-state index is 0.152. The largest absolute Gasteiger partial charge is 0.350 e. The maximum absolute atomic E-state index is 13.5. The first-order valence-corrected chi connectivity index (χ1v) is 9.40. The summed E-state index contributed by atoms with van der Waals surface area (Å²) >= 11 is 6.58. The molecule has 2 aromatic carbocycles. The molecule has 0 bridgehead atoms. The normalized spacial score (nSPS) is 11.7. The molecule has 0 radical (unpaired) electrons. The van der Waals surface area contributed by atoms with E-state index in [1.54, 1.807) is 26.0 Å². The standard InChI is InChI=1S/C18H18FN5OS2/c1-10-7-8-12(9-13(10)19)21-17(26)24-23-16(25)11(2)20-18-22-14-5-3-4-6-15(14)27-18/h3-9,11H,1-2H3,(H,20,22)(H,23,25)(H2,21,24,26)/t11-/m0/s1. The molecule has 0 saturated carbocycles. The van der Waals surface area contributed by atoms with Crippen LogP contribution in [0.3, 0.4) is 0 Å². The third-order valence-corrected chi connectivity index (χ3v) is 4.93. The summed E-state index contributed by atoms with van der Waals surface area (Å²) < 4.78 is 14.6. The molecule has 0 unspecified atom stereocenters. The molecular weight excluding hydrogens is 385 g/mol. The van der Waals surface area contributed by atoms with Crippen LogP contribution < -0.4 is 21.5 Å². The number of fused-ring (bicyclic) bond motifs is 1. The minimum atomic E-state index is -0.530. The van der Waals surface area contributed by atoms with Crippen LogP contribution in [0.5, 0.6) is 0 Å². The van der Waals surface area contributed by atoms with Crippen molar-refractivity contribution >= 4 is 55.6 Å². The van der Waals surface area contributed by atoms with Crippen LogP contribution in [-0.4, -0.2) is 22.0 Å².